The van der Waals surface area contributed by atoms with Gasteiger partial charge in [0.1, 0.15) is 0 Å². The van der Waals surface area contributed by atoms with E-state index in [1.54, 1.807) is 44.9 Å². The van der Waals surface area contributed by atoms with Crippen LogP contribution in [0.1, 0.15) is 132 Å². The van der Waals surface area contributed by atoms with Crippen molar-refractivity contribution in [2.45, 2.75) is 132 Å². The molecule has 0 amide bonds. The van der Waals surface area contributed by atoms with E-state index in [4.69, 9.17) is 0 Å². The minimum Gasteiger partial charge on any atom is -0.0628 e. The second-order valence-electron chi connectivity index (χ2n) is 14.8. The smallest absolute Gasteiger partial charge is 0.0198 e. The second kappa shape index (κ2) is 6.76. The van der Waals surface area contributed by atoms with Crippen molar-refractivity contribution < 1.29 is 0 Å². The van der Waals surface area contributed by atoms with E-state index >= 15 is 0 Å². The Morgan fingerprint density at radius 2 is 1.40 bits per heavy atom. The SMILES string of the molecule is CC(C)CCC[C@@H](C)[C@H]1CC[C@@]2(C)[C@@H]3CCC4C(C)(C)CCC[C@@]45C[C@@]35CC[C@]12C. The highest BCUT2D eigenvalue weighted by atomic mass is 14.9. The lowest BCUT2D eigenvalue weighted by Crippen LogP contribution is -2.56. The van der Waals surface area contributed by atoms with Gasteiger partial charge in [0.25, 0.3) is 0 Å². The molecule has 8 atom stereocenters. The van der Waals surface area contributed by atoms with E-state index < -0.39 is 0 Å². The third-order valence-corrected chi connectivity index (χ3v) is 13.0. The molecule has 0 heterocycles. The topological polar surface area (TPSA) is 0 Å². The first-order chi connectivity index (χ1) is 14.0. The molecule has 0 aliphatic heterocycles. The summed E-state index contributed by atoms with van der Waals surface area (Å²) in [5, 5.41) is 0. The molecule has 0 bridgehead atoms. The fraction of sp³-hybridized carbons (Fsp3) is 1.00. The molecule has 0 saturated heterocycles. The van der Waals surface area contributed by atoms with Gasteiger partial charge in [-0.3, -0.25) is 0 Å². The van der Waals surface area contributed by atoms with Gasteiger partial charge in [-0.25, -0.2) is 0 Å². The molecule has 0 aromatic carbocycles. The standard InChI is InChI=1S/C30H52/c1-21(2)10-8-11-22(3)23-14-17-28(7)25-13-12-24-26(4,5)15-9-16-29(24)20-30(25,29)19-18-27(23,28)6/h21-25H,8-20H2,1-7H3/t22-,23-,24?,25+,27-,28+,29-,30+/m1/s1. The van der Waals surface area contributed by atoms with Crippen molar-refractivity contribution in [3.8, 4) is 0 Å². The zero-order chi connectivity index (χ0) is 21.6. The van der Waals surface area contributed by atoms with Gasteiger partial charge in [-0.15, -0.1) is 0 Å². The monoisotopic (exact) mass is 412 g/mol. The number of hydrogen-bond acceptors (Lipinski definition) is 0. The summed E-state index contributed by atoms with van der Waals surface area (Å²) in [5.41, 5.74) is 3.37. The molecule has 5 fully saturated rings. The average molecular weight is 413 g/mol. The molecular formula is C30H52. The molecule has 0 radical (unpaired) electrons. The lowest BCUT2D eigenvalue weighted by atomic mass is 9.42. The van der Waals surface area contributed by atoms with Gasteiger partial charge in [0.2, 0.25) is 0 Å². The first-order valence-corrected chi connectivity index (χ1v) is 14.0. The number of hydrogen-bond donors (Lipinski definition) is 0. The Kier molecular flexibility index (Phi) is 4.92. The first-order valence-electron chi connectivity index (χ1n) is 14.0. The summed E-state index contributed by atoms with van der Waals surface area (Å²) in [5.74, 6) is 4.87. The Bertz CT molecular complexity index is 674. The van der Waals surface area contributed by atoms with Gasteiger partial charge in [-0.05, 0) is 114 Å². The van der Waals surface area contributed by atoms with Crippen LogP contribution in [0.25, 0.3) is 0 Å². The Morgan fingerprint density at radius 3 is 2.13 bits per heavy atom. The van der Waals surface area contributed by atoms with Crippen LogP contribution in [0.4, 0.5) is 0 Å². The van der Waals surface area contributed by atoms with Crippen LogP contribution in [-0.2, 0) is 0 Å². The van der Waals surface area contributed by atoms with Crippen LogP contribution in [0.3, 0.4) is 0 Å². The van der Waals surface area contributed by atoms with E-state index in [1.807, 2.05) is 0 Å². The van der Waals surface area contributed by atoms with Crippen molar-refractivity contribution >= 4 is 0 Å². The molecule has 0 N–H and O–H groups in total. The zero-order valence-electron chi connectivity index (χ0n) is 21.6. The quantitative estimate of drug-likeness (QED) is 0.422. The van der Waals surface area contributed by atoms with Gasteiger partial charge >= 0.3 is 0 Å². The second-order valence-corrected chi connectivity index (χ2v) is 14.8. The summed E-state index contributed by atoms with van der Waals surface area (Å²) in [6, 6.07) is 0. The largest absolute Gasteiger partial charge is 0.0628 e. The molecule has 5 saturated carbocycles. The first kappa shape index (κ1) is 21.8. The van der Waals surface area contributed by atoms with Crippen LogP contribution in [0.2, 0.25) is 0 Å². The highest BCUT2D eigenvalue weighted by Crippen LogP contribution is 2.89. The molecule has 5 aliphatic rings. The average Bonchev–Trinajstić information content (AvgIpc) is 3.23. The molecular weight excluding hydrogens is 360 g/mol. The molecule has 172 valence electrons. The van der Waals surface area contributed by atoms with E-state index in [0.29, 0.717) is 16.2 Å². The van der Waals surface area contributed by atoms with Crippen LogP contribution in [0.15, 0.2) is 0 Å². The van der Waals surface area contributed by atoms with E-state index in [1.165, 1.54) is 38.5 Å². The molecule has 0 heteroatoms. The molecule has 0 aromatic heterocycles. The molecule has 2 spiro atoms. The van der Waals surface area contributed by atoms with E-state index in [2.05, 4.69) is 48.5 Å². The van der Waals surface area contributed by atoms with Crippen molar-refractivity contribution in [2.24, 2.45) is 56.7 Å². The van der Waals surface area contributed by atoms with Crippen LogP contribution in [0, 0.1) is 56.7 Å². The minimum absolute atomic E-state index is 0.609. The van der Waals surface area contributed by atoms with Crippen LogP contribution < -0.4 is 0 Å². The van der Waals surface area contributed by atoms with Crippen LogP contribution in [-0.4, -0.2) is 0 Å². The zero-order valence-corrected chi connectivity index (χ0v) is 21.6. The maximum absolute atomic E-state index is 2.81. The van der Waals surface area contributed by atoms with Gasteiger partial charge in [-0.2, -0.15) is 0 Å². The van der Waals surface area contributed by atoms with Gasteiger partial charge in [0.05, 0.1) is 0 Å². The Labute approximate surface area is 188 Å². The predicted octanol–water partition coefficient (Wildman–Crippen LogP) is 9.28. The lowest BCUT2D eigenvalue weighted by Gasteiger charge is -2.63. The van der Waals surface area contributed by atoms with Gasteiger partial charge < -0.3 is 0 Å². The molecule has 0 aromatic rings. The van der Waals surface area contributed by atoms with Crippen LogP contribution in [0.5, 0.6) is 0 Å². The fourth-order valence-electron chi connectivity index (χ4n) is 11.4. The summed E-state index contributed by atoms with van der Waals surface area (Å²) >= 11 is 0. The van der Waals surface area contributed by atoms with Crippen molar-refractivity contribution in [2.75, 3.05) is 0 Å². The summed E-state index contributed by atoms with van der Waals surface area (Å²) in [7, 11) is 0. The Balaban J connectivity index is 1.39. The molecule has 5 rings (SSSR count). The van der Waals surface area contributed by atoms with E-state index in [0.717, 1.165) is 40.4 Å². The van der Waals surface area contributed by atoms with Crippen LogP contribution >= 0.6 is 0 Å². The van der Waals surface area contributed by atoms with Gasteiger partial charge in [0.15, 0.2) is 0 Å². The lowest BCUT2D eigenvalue weighted by molar-refractivity contribution is -0.142. The predicted molar refractivity (Wildman–Crippen MR) is 129 cm³/mol. The number of fused-ring (bicyclic) bond motifs is 2. The highest BCUT2D eigenvalue weighted by Gasteiger charge is 2.81. The summed E-state index contributed by atoms with van der Waals surface area (Å²) in [6.07, 6.45) is 19.9. The minimum atomic E-state index is 0.609. The Morgan fingerprint density at radius 1 is 0.700 bits per heavy atom. The van der Waals surface area contributed by atoms with E-state index in [-0.39, 0.29) is 0 Å². The molecule has 5 aliphatic carbocycles. The van der Waals surface area contributed by atoms with Crippen molar-refractivity contribution in [3.63, 3.8) is 0 Å². The van der Waals surface area contributed by atoms with Crippen molar-refractivity contribution in [1.82, 2.24) is 0 Å². The maximum atomic E-state index is 2.81. The van der Waals surface area contributed by atoms with Crippen molar-refractivity contribution in [3.05, 3.63) is 0 Å². The highest BCUT2D eigenvalue weighted by molar-refractivity contribution is 5.30. The molecule has 30 heavy (non-hydrogen) atoms. The summed E-state index contributed by atoms with van der Waals surface area (Å²) < 4.78 is 0. The fourth-order valence-corrected chi connectivity index (χ4v) is 11.4. The molecule has 0 nitrogen and oxygen atoms in total. The summed E-state index contributed by atoms with van der Waals surface area (Å²) in [6.45, 7) is 18.3. The maximum Gasteiger partial charge on any atom is -0.0198 e. The summed E-state index contributed by atoms with van der Waals surface area (Å²) in [4.78, 5) is 0. The normalized spacial score (nSPS) is 52.2. The third-order valence-electron chi connectivity index (χ3n) is 13.0. The van der Waals surface area contributed by atoms with Gasteiger partial charge in [0, 0.05) is 0 Å². The van der Waals surface area contributed by atoms with E-state index in [9.17, 15) is 0 Å². The van der Waals surface area contributed by atoms with Crippen molar-refractivity contribution in [1.29, 1.82) is 0 Å². The molecule has 1 unspecified atom stereocenters. The van der Waals surface area contributed by atoms with Gasteiger partial charge in [-0.1, -0.05) is 74.1 Å². The Hall–Kier alpha value is 0. The third kappa shape index (κ3) is 2.64. The number of rotatable bonds is 5.